The lowest BCUT2D eigenvalue weighted by Gasteiger charge is -2.15. The largest absolute Gasteiger partial charge is 0.497 e. The van der Waals surface area contributed by atoms with Crippen molar-refractivity contribution in [1.82, 2.24) is 10.6 Å². The highest BCUT2D eigenvalue weighted by Gasteiger charge is 2.12. The fourth-order valence-electron chi connectivity index (χ4n) is 1.90. The highest BCUT2D eigenvalue weighted by Crippen LogP contribution is 2.21. The fraction of sp³-hybridized carbons (Fsp3) is 0.562. The van der Waals surface area contributed by atoms with Crippen LogP contribution in [-0.2, 0) is 4.79 Å². The third-order valence-electron chi connectivity index (χ3n) is 3.18. The van der Waals surface area contributed by atoms with E-state index in [0.29, 0.717) is 36.7 Å². The Morgan fingerprint density at radius 3 is 2.62 bits per heavy atom. The van der Waals surface area contributed by atoms with Gasteiger partial charge in [-0.2, -0.15) is 0 Å². The number of amides is 1. The normalized spacial score (nSPS) is 12.3. The smallest absolute Gasteiger partial charge is 0.221 e. The van der Waals surface area contributed by atoms with Crippen LogP contribution in [0.4, 0.5) is 4.39 Å². The van der Waals surface area contributed by atoms with Crippen LogP contribution in [0, 0.1) is 11.7 Å². The molecule has 0 aliphatic carbocycles. The van der Waals surface area contributed by atoms with Gasteiger partial charge in [0.25, 0.3) is 0 Å². The number of rotatable bonds is 8. The molecule has 1 aromatic carbocycles. The Bertz CT molecular complexity index is 464. The number of hydrogen-bond donors (Lipinski definition) is 2. The van der Waals surface area contributed by atoms with Gasteiger partial charge in [-0.05, 0) is 18.9 Å². The van der Waals surface area contributed by atoms with Crippen molar-refractivity contribution >= 4 is 5.91 Å². The number of methoxy groups -OCH3 is 1. The standard InChI is InChI=1S/C16H25FN2O2/c1-11(2)10-19-16(20)7-8-18-12(3)14-6-5-13(21-4)9-15(14)17/h5-6,9,11-12,18H,7-8,10H2,1-4H3,(H,19,20). The molecule has 0 aromatic heterocycles. The van der Waals surface area contributed by atoms with Crippen molar-refractivity contribution in [3.63, 3.8) is 0 Å². The first-order chi connectivity index (χ1) is 9.93. The Morgan fingerprint density at radius 1 is 1.33 bits per heavy atom. The Labute approximate surface area is 126 Å². The first kappa shape index (κ1) is 17.4. The number of nitrogens with one attached hydrogen (secondary N) is 2. The van der Waals surface area contributed by atoms with E-state index in [1.807, 2.05) is 20.8 Å². The maximum Gasteiger partial charge on any atom is 0.221 e. The van der Waals surface area contributed by atoms with Crippen molar-refractivity contribution in [3.05, 3.63) is 29.6 Å². The Morgan fingerprint density at radius 2 is 2.05 bits per heavy atom. The third kappa shape index (κ3) is 6.12. The molecule has 4 nitrogen and oxygen atoms in total. The van der Waals surface area contributed by atoms with E-state index in [2.05, 4.69) is 10.6 Å². The third-order valence-corrected chi connectivity index (χ3v) is 3.18. The van der Waals surface area contributed by atoms with Crippen LogP contribution in [0.5, 0.6) is 5.75 Å². The SMILES string of the molecule is COc1ccc(C(C)NCCC(=O)NCC(C)C)c(F)c1. The quantitative estimate of drug-likeness (QED) is 0.775. The molecule has 0 aliphatic heterocycles. The Hall–Kier alpha value is -1.62. The maximum absolute atomic E-state index is 13.9. The molecule has 0 heterocycles. The molecule has 0 spiro atoms. The molecule has 1 amide bonds. The maximum atomic E-state index is 13.9. The molecule has 0 radical (unpaired) electrons. The molecule has 0 bridgehead atoms. The molecule has 0 saturated carbocycles. The first-order valence-electron chi connectivity index (χ1n) is 7.27. The average Bonchev–Trinajstić information content (AvgIpc) is 2.44. The number of carbonyl (C=O) groups is 1. The minimum absolute atomic E-state index is 0.0126. The van der Waals surface area contributed by atoms with E-state index in [9.17, 15) is 9.18 Å². The lowest BCUT2D eigenvalue weighted by molar-refractivity contribution is -0.121. The number of carbonyl (C=O) groups excluding carboxylic acids is 1. The van der Waals surface area contributed by atoms with Crippen LogP contribution >= 0.6 is 0 Å². The van der Waals surface area contributed by atoms with Gasteiger partial charge < -0.3 is 15.4 Å². The second kappa shape index (κ2) is 8.62. The molecule has 1 atom stereocenters. The van der Waals surface area contributed by atoms with Crippen molar-refractivity contribution in [3.8, 4) is 5.75 Å². The van der Waals surface area contributed by atoms with E-state index >= 15 is 0 Å². The van der Waals surface area contributed by atoms with Crippen LogP contribution in [0.2, 0.25) is 0 Å². The lowest BCUT2D eigenvalue weighted by atomic mass is 10.1. The molecule has 0 fully saturated rings. The van der Waals surface area contributed by atoms with Crippen molar-refractivity contribution < 1.29 is 13.9 Å². The predicted octanol–water partition coefficient (Wildman–Crippen LogP) is 2.65. The molecule has 1 unspecified atom stereocenters. The summed E-state index contributed by atoms with van der Waals surface area (Å²) in [7, 11) is 1.51. The number of benzene rings is 1. The minimum atomic E-state index is -0.307. The van der Waals surface area contributed by atoms with E-state index in [1.54, 1.807) is 12.1 Å². The molecule has 0 saturated heterocycles. The van der Waals surface area contributed by atoms with Gasteiger partial charge in [0.2, 0.25) is 5.91 Å². The molecule has 1 rings (SSSR count). The van der Waals surface area contributed by atoms with Crippen LogP contribution in [0.15, 0.2) is 18.2 Å². The van der Waals surface area contributed by atoms with E-state index in [0.717, 1.165) is 0 Å². The molecular formula is C16H25FN2O2. The first-order valence-corrected chi connectivity index (χ1v) is 7.27. The van der Waals surface area contributed by atoms with Crippen molar-refractivity contribution in [2.75, 3.05) is 20.2 Å². The zero-order valence-corrected chi connectivity index (χ0v) is 13.2. The van der Waals surface area contributed by atoms with Crippen LogP contribution in [0.25, 0.3) is 0 Å². The summed E-state index contributed by atoms with van der Waals surface area (Å²) in [5.41, 5.74) is 0.568. The molecule has 0 aliphatic rings. The van der Waals surface area contributed by atoms with E-state index in [1.165, 1.54) is 13.2 Å². The lowest BCUT2D eigenvalue weighted by Crippen LogP contribution is -2.31. The summed E-state index contributed by atoms with van der Waals surface area (Å²) in [5.74, 6) is 0.642. The van der Waals surface area contributed by atoms with Crippen molar-refractivity contribution in [2.24, 2.45) is 5.92 Å². The highest BCUT2D eigenvalue weighted by atomic mass is 19.1. The van der Waals surface area contributed by atoms with Crippen molar-refractivity contribution in [2.45, 2.75) is 33.2 Å². The van der Waals surface area contributed by atoms with E-state index in [-0.39, 0.29) is 17.8 Å². The van der Waals surface area contributed by atoms with Gasteiger partial charge in [-0.1, -0.05) is 19.9 Å². The molecular weight excluding hydrogens is 271 g/mol. The van der Waals surface area contributed by atoms with Gasteiger partial charge in [0.15, 0.2) is 0 Å². The van der Waals surface area contributed by atoms with E-state index in [4.69, 9.17) is 4.74 Å². The van der Waals surface area contributed by atoms with Crippen molar-refractivity contribution in [1.29, 1.82) is 0 Å². The molecule has 118 valence electrons. The van der Waals surface area contributed by atoms with Gasteiger partial charge in [-0.3, -0.25) is 4.79 Å². The summed E-state index contributed by atoms with van der Waals surface area (Å²) in [6, 6.07) is 4.63. The summed E-state index contributed by atoms with van der Waals surface area (Å²) in [6.45, 7) is 7.16. The number of halogens is 1. The molecule has 2 N–H and O–H groups in total. The topological polar surface area (TPSA) is 50.4 Å². The molecule has 21 heavy (non-hydrogen) atoms. The number of ether oxygens (including phenoxy) is 1. The van der Waals surface area contributed by atoms with Gasteiger partial charge in [-0.25, -0.2) is 4.39 Å². The van der Waals surface area contributed by atoms with E-state index < -0.39 is 0 Å². The Balaban J connectivity index is 2.40. The van der Waals surface area contributed by atoms with Gasteiger partial charge in [0.05, 0.1) is 7.11 Å². The monoisotopic (exact) mass is 296 g/mol. The summed E-state index contributed by atoms with van der Waals surface area (Å²) < 4.78 is 18.9. The Kier molecular flexibility index (Phi) is 7.15. The second-order valence-electron chi connectivity index (χ2n) is 5.51. The summed E-state index contributed by atoms with van der Waals surface area (Å²) in [4.78, 5) is 11.6. The molecule has 5 heteroatoms. The molecule has 1 aromatic rings. The second-order valence-corrected chi connectivity index (χ2v) is 5.51. The predicted molar refractivity (Wildman–Crippen MR) is 81.8 cm³/mol. The zero-order chi connectivity index (χ0) is 15.8. The summed E-state index contributed by atoms with van der Waals surface area (Å²) >= 11 is 0. The summed E-state index contributed by atoms with van der Waals surface area (Å²) in [6.07, 6.45) is 0.384. The van der Waals surface area contributed by atoms with Gasteiger partial charge >= 0.3 is 0 Å². The average molecular weight is 296 g/mol. The fourth-order valence-corrected chi connectivity index (χ4v) is 1.90. The minimum Gasteiger partial charge on any atom is -0.497 e. The van der Waals surface area contributed by atoms with Gasteiger partial charge in [0, 0.05) is 37.2 Å². The highest BCUT2D eigenvalue weighted by molar-refractivity contribution is 5.76. The van der Waals surface area contributed by atoms with Gasteiger partial charge in [0.1, 0.15) is 11.6 Å². The van der Waals surface area contributed by atoms with Crippen LogP contribution in [-0.4, -0.2) is 26.1 Å². The zero-order valence-electron chi connectivity index (χ0n) is 13.2. The van der Waals surface area contributed by atoms with Crippen LogP contribution < -0.4 is 15.4 Å². The van der Waals surface area contributed by atoms with Gasteiger partial charge in [-0.15, -0.1) is 0 Å². The summed E-state index contributed by atoms with van der Waals surface area (Å²) in [5, 5.41) is 6.01. The number of hydrogen-bond acceptors (Lipinski definition) is 3. The van der Waals surface area contributed by atoms with Crippen LogP contribution in [0.3, 0.4) is 0 Å². The van der Waals surface area contributed by atoms with Crippen LogP contribution in [0.1, 0.15) is 38.8 Å².